The smallest absolute Gasteiger partial charge is 0.146 e. The van der Waals surface area contributed by atoms with Gasteiger partial charge in [0.1, 0.15) is 5.78 Å². The van der Waals surface area contributed by atoms with Gasteiger partial charge in [0.15, 0.2) is 0 Å². The second-order valence-corrected chi connectivity index (χ2v) is 4.21. The minimum Gasteiger partial charge on any atom is -0.314 e. The standard InChI is InChI=1S/C12H26N2O/c1-5-10(2)14-9-7-6-8-12(13-4)11(3)15/h10,12-14H,5-9H2,1-4H3. The van der Waals surface area contributed by atoms with E-state index in [1.807, 2.05) is 7.05 Å². The monoisotopic (exact) mass is 214 g/mol. The Labute approximate surface area is 94.0 Å². The van der Waals surface area contributed by atoms with Crippen molar-refractivity contribution in [2.24, 2.45) is 0 Å². The molecule has 0 amide bonds. The molecule has 2 N–H and O–H groups in total. The first-order valence-corrected chi connectivity index (χ1v) is 6.02. The zero-order chi connectivity index (χ0) is 11.7. The predicted molar refractivity (Wildman–Crippen MR) is 65.1 cm³/mol. The van der Waals surface area contributed by atoms with Crippen molar-refractivity contribution in [3.8, 4) is 0 Å². The van der Waals surface area contributed by atoms with Crippen LogP contribution in [0.25, 0.3) is 0 Å². The van der Waals surface area contributed by atoms with Crippen LogP contribution in [0.15, 0.2) is 0 Å². The zero-order valence-electron chi connectivity index (χ0n) is 10.6. The van der Waals surface area contributed by atoms with Crippen molar-refractivity contribution in [2.45, 2.75) is 58.5 Å². The number of nitrogens with one attached hydrogen (secondary N) is 2. The lowest BCUT2D eigenvalue weighted by Gasteiger charge is -2.13. The van der Waals surface area contributed by atoms with Gasteiger partial charge in [0.2, 0.25) is 0 Å². The van der Waals surface area contributed by atoms with Crippen molar-refractivity contribution in [3.05, 3.63) is 0 Å². The fourth-order valence-electron chi connectivity index (χ4n) is 1.52. The van der Waals surface area contributed by atoms with Crippen molar-refractivity contribution < 1.29 is 4.79 Å². The average molecular weight is 214 g/mol. The van der Waals surface area contributed by atoms with Crippen LogP contribution in [0.4, 0.5) is 0 Å². The Hall–Kier alpha value is -0.410. The van der Waals surface area contributed by atoms with Crippen molar-refractivity contribution in [3.63, 3.8) is 0 Å². The number of Topliss-reactive ketones (excluding diaryl/α,β-unsaturated/α-hetero) is 1. The maximum Gasteiger partial charge on any atom is 0.146 e. The molecule has 90 valence electrons. The van der Waals surface area contributed by atoms with Crippen LogP contribution >= 0.6 is 0 Å². The lowest BCUT2D eigenvalue weighted by molar-refractivity contribution is -0.119. The third-order valence-corrected chi connectivity index (χ3v) is 2.86. The topological polar surface area (TPSA) is 41.1 Å². The van der Waals surface area contributed by atoms with Crippen LogP contribution in [0.3, 0.4) is 0 Å². The highest BCUT2D eigenvalue weighted by molar-refractivity contribution is 5.81. The van der Waals surface area contributed by atoms with E-state index in [4.69, 9.17) is 0 Å². The van der Waals surface area contributed by atoms with Crippen molar-refractivity contribution in [1.82, 2.24) is 10.6 Å². The fraction of sp³-hybridized carbons (Fsp3) is 0.917. The summed E-state index contributed by atoms with van der Waals surface area (Å²) in [5.74, 6) is 0.243. The Bertz CT molecular complexity index is 171. The van der Waals surface area contributed by atoms with Crippen LogP contribution in [-0.4, -0.2) is 31.5 Å². The molecule has 0 fully saturated rings. The van der Waals surface area contributed by atoms with Gasteiger partial charge in [-0.25, -0.2) is 0 Å². The quantitative estimate of drug-likeness (QED) is 0.574. The third kappa shape index (κ3) is 7.51. The largest absolute Gasteiger partial charge is 0.314 e. The van der Waals surface area contributed by atoms with Crippen molar-refractivity contribution in [2.75, 3.05) is 13.6 Å². The number of hydrogen-bond acceptors (Lipinski definition) is 3. The van der Waals surface area contributed by atoms with E-state index in [1.54, 1.807) is 6.92 Å². The summed E-state index contributed by atoms with van der Waals surface area (Å²) < 4.78 is 0. The molecule has 0 saturated heterocycles. The van der Waals surface area contributed by atoms with E-state index in [2.05, 4.69) is 24.5 Å². The lowest BCUT2D eigenvalue weighted by Crippen LogP contribution is -2.32. The van der Waals surface area contributed by atoms with Gasteiger partial charge in [0.05, 0.1) is 6.04 Å². The molecule has 0 aliphatic rings. The van der Waals surface area contributed by atoms with E-state index in [9.17, 15) is 4.79 Å². The molecule has 0 aliphatic heterocycles. The summed E-state index contributed by atoms with van der Waals surface area (Å²) in [6, 6.07) is 0.659. The highest BCUT2D eigenvalue weighted by atomic mass is 16.1. The number of ketones is 1. The van der Waals surface area contributed by atoms with E-state index >= 15 is 0 Å². The van der Waals surface area contributed by atoms with E-state index in [0.29, 0.717) is 6.04 Å². The summed E-state index contributed by atoms with van der Waals surface area (Å²) in [6.07, 6.45) is 4.38. The molecule has 3 heteroatoms. The average Bonchev–Trinajstić information content (AvgIpc) is 2.22. The number of carbonyl (C=O) groups excluding carboxylic acids is 1. The summed E-state index contributed by atoms with van der Waals surface area (Å²) in [7, 11) is 1.85. The minimum absolute atomic E-state index is 0.0496. The first kappa shape index (κ1) is 14.6. The molecule has 0 aromatic rings. The molecule has 0 aliphatic carbocycles. The fourth-order valence-corrected chi connectivity index (χ4v) is 1.52. The number of hydrogen-bond donors (Lipinski definition) is 2. The molecule has 0 bridgehead atoms. The van der Waals surface area contributed by atoms with Gasteiger partial charge >= 0.3 is 0 Å². The first-order chi connectivity index (χ1) is 7.11. The third-order valence-electron chi connectivity index (χ3n) is 2.86. The highest BCUT2D eigenvalue weighted by Gasteiger charge is 2.09. The number of likely N-dealkylation sites (N-methyl/N-ethyl adjacent to an activating group) is 1. The molecule has 2 unspecified atom stereocenters. The molecule has 0 aromatic carbocycles. The van der Waals surface area contributed by atoms with Gasteiger partial charge < -0.3 is 10.6 Å². The van der Waals surface area contributed by atoms with E-state index in [-0.39, 0.29) is 11.8 Å². The second kappa shape index (κ2) is 8.86. The number of unbranched alkanes of at least 4 members (excludes halogenated alkanes) is 1. The Kier molecular flexibility index (Phi) is 8.62. The first-order valence-electron chi connectivity index (χ1n) is 6.02. The van der Waals surface area contributed by atoms with Crippen LogP contribution in [-0.2, 0) is 4.79 Å². The summed E-state index contributed by atoms with van der Waals surface area (Å²) in [6.45, 7) is 7.10. The van der Waals surface area contributed by atoms with Gasteiger partial charge in [0.25, 0.3) is 0 Å². The molecule has 0 saturated carbocycles. The van der Waals surface area contributed by atoms with Gasteiger partial charge in [-0.2, -0.15) is 0 Å². The van der Waals surface area contributed by atoms with Gasteiger partial charge in [-0.3, -0.25) is 4.79 Å². The molecule has 0 heterocycles. The Morgan fingerprint density at radius 1 is 1.33 bits per heavy atom. The molecule has 3 nitrogen and oxygen atoms in total. The zero-order valence-corrected chi connectivity index (χ0v) is 10.6. The Balaban J connectivity index is 3.41. The second-order valence-electron chi connectivity index (χ2n) is 4.21. The van der Waals surface area contributed by atoms with Gasteiger partial charge in [0, 0.05) is 6.04 Å². The maximum absolute atomic E-state index is 11.1. The molecule has 15 heavy (non-hydrogen) atoms. The SMILES string of the molecule is CCC(C)NCCCCC(NC)C(C)=O. The minimum atomic E-state index is 0.0496. The van der Waals surface area contributed by atoms with Gasteiger partial charge in [-0.05, 0) is 46.7 Å². The van der Waals surface area contributed by atoms with Crippen LogP contribution < -0.4 is 10.6 Å². The van der Waals surface area contributed by atoms with Crippen molar-refractivity contribution in [1.29, 1.82) is 0 Å². The molecule has 0 radical (unpaired) electrons. The Morgan fingerprint density at radius 2 is 2.00 bits per heavy atom. The van der Waals surface area contributed by atoms with Crippen LogP contribution in [0, 0.1) is 0 Å². The Morgan fingerprint density at radius 3 is 2.47 bits per heavy atom. The summed E-state index contributed by atoms with van der Waals surface area (Å²) in [5, 5.41) is 6.49. The molecule has 0 aromatic heterocycles. The van der Waals surface area contributed by atoms with Crippen LogP contribution in [0.2, 0.25) is 0 Å². The van der Waals surface area contributed by atoms with Crippen LogP contribution in [0.5, 0.6) is 0 Å². The predicted octanol–water partition coefficient (Wildman–Crippen LogP) is 1.72. The highest BCUT2D eigenvalue weighted by Crippen LogP contribution is 2.01. The molecule has 2 atom stereocenters. The molecular formula is C12H26N2O. The normalized spacial score (nSPS) is 14.9. The summed E-state index contributed by atoms with van der Waals surface area (Å²) in [4.78, 5) is 11.1. The number of carbonyl (C=O) groups is 1. The van der Waals surface area contributed by atoms with Crippen molar-refractivity contribution >= 4 is 5.78 Å². The molecule has 0 spiro atoms. The van der Waals surface area contributed by atoms with E-state index < -0.39 is 0 Å². The maximum atomic E-state index is 11.1. The summed E-state index contributed by atoms with van der Waals surface area (Å²) >= 11 is 0. The summed E-state index contributed by atoms with van der Waals surface area (Å²) in [5.41, 5.74) is 0. The van der Waals surface area contributed by atoms with Crippen LogP contribution in [0.1, 0.15) is 46.5 Å². The van der Waals surface area contributed by atoms with Gasteiger partial charge in [-0.15, -0.1) is 0 Å². The lowest BCUT2D eigenvalue weighted by atomic mass is 10.1. The van der Waals surface area contributed by atoms with E-state index in [0.717, 1.165) is 25.8 Å². The van der Waals surface area contributed by atoms with E-state index in [1.165, 1.54) is 6.42 Å². The van der Waals surface area contributed by atoms with Gasteiger partial charge in [-0.1, -0.05) is 13.3 Å². The molecular weight excluding hydrogens is 188 g/mol. The number of rotatable bonds is 9. The molecule has 0 rings (SSSR count).